The molecule has 0 bridgehead atoms. The number of nitrogens with one attached hydrogen (secondary N) is 1. The lowest BCUT2D eigenvalue weighted by atomic mass is 9.82. The number of Topliss-reactive ketones (excluding diaryl/α,β-unsaturated/α-hetero) is 2. The van der Waals surface area contributed by atoms with Gasteiger partial charge in [0, 0.05) is 146 Å². The Hall–Kier alpha value is -8.92. The number of nitrogens with zero attached hydrogens (tertiary/aromatic N) is 6. The third-order valence-corrected chi connectivity index (χ3v) is 22.6. The van der Waals surface area contributed by atoms with Gasteiger partial charge in [0.2, 0.25) is 23.6 Å². The van der Waals surface area contributed by atoms with Crippen LogP contribution < -0.4 is 5.32 Å². The Labute approximate surface area is 708 Å². The fourth-order valence-electron chi connectivity index (χ4n) is 12.6. The molecule has 2 aromatic rings. The SMILES string of the molecule is C=O.C=O.C=O.C=O.C=O.C=O.C=O.C=O.C=O.C=O.C=O.C=O.CC[C@H](C)[C@@H]([C@@H](CC(=O)N1CCC[C@H]1[C@H](OC)[C@@H](C)C(=O)C[C@@H](Cc1ccccc1)c1nc(C(=O)N(C)CCSSCCN(C)C(=O)CCCCCCCCCCCCCCNC(=O)CCN2C(=O)C=CC2=O)cs1)OC)N(C)C(=O)[C@@H](CC(=O)[C@@H](C)C(C)C)C(C)C. The fraction of sp³-hybridized carbons (Fsp3) is 0.619. The minimum atomic E-state index is -0.616. The number of likely N-dealkylation sites (N-methyl/N-ethyl adjacent to an activating group) is 1. The van der Waals surface area contributed by atoms with Crippen LogP contribution in [-0.4, -0.2) is 268 Å². The maximum absolute atomic E-state index is 14.6. The number of rotatable bonds is 48. The predicted molar refractivity (Wildman–Crippen MR) is 461 cm³/mol. The van der Waals surface area contributed by atoms with Crippen LogP contribution in [0.15, 0.2) is 47.9 Å². The Balaban J connectivity index is -0.000000633. The van der Waals surface area contributed by atoms with Gasteiger partial charge in [0.15, 0.2) is 0 Å². The van der Waals surface area contributed by atoms with E-state index in [4.69, 9.17) is 72.0 Å². The first-order chi connectivity index (χ1) is 56.4. The molecule has 7 amide bonds. The average Bonchev–Trinajstić information content (AvgIpc) is 1.78. The van der Waals surface area contributed by atoms with Crippen molar-refractivity contribution in [2.24, 2.45) is 35.5 Å². The lowest BCUT2D eigenvalue weighted by molar-refractivity contribution is -0.149. The predicted octanol–water partition coefficient (Wildman–Crippen LogP) is 10.1. The molecular weight excluding hydrogens is 1570 g/mol. The molecule has 0 saturated carbocycles. The summed E-state index contributed by atoms with van der Waals surface area (Å²) in [6.45, 7) is 42.4. The van der Waals surface area contributed by atoms with E-state index in [1.165, 1.54) is 62.0 Å². The molecule has 9 atom stereocenters. The van der Waals surface area contributed by atoms with Crippen LogP contribution in [0.3, 0.4) is 0 Å². The van der Waals surface area contributed by atoms with Crippen molar-refractivity contribution in [1.29, 1.82) is 0 Å². The molecule has 33 heteroatoms. The summed E-state index contributed by atoms with van der Waals surface area (Å²) in [6.07, 6.45) is 18.5. The summed E-state index contributed by atoms with van der Waals surface area (Å²) < 4.78 is 12.3. The van der Waals surface area contributed by atoms with Crippen LogP contribution in [-0.2, 0) is 112 Å². The van der Waals surface area contributed by atoms with Gasteiger partial charge >= 0.3 is 0 Å². The number of aromatic nitrogens is 1. The Kier molecular flexibility index (Phi) is 93.2. The number of methoxy groups -OCH3 is 2. The summed E-state index contributed by atoms with van der Waals surface area (Å²) in [5.74, 6) is -0.990. The van der Waals surface area contributed by atoms with Crippen molar-refractivity contribution in [3.63, 3.8) is 0 Å². The molecule has 3 heterocycles. The van der Waals surface area contributed by atoms with E-state index in [0.717, 1.165) is 67.6 Å². The van der Waals surface area contributed by atoms with Gasteiger partial charge in [-0.1, -0.05) is 178 Å². The summed E-state index contributed by atoms with van der Waals surface area (Å²) in [7, 11) is 12.0. The largest absolute Gasteiger partial charge is 0.379 e. The third kappa shape index (κ3) is 53.2. The van der Waals surface area contributed by atoms with Crippen LogP contribution in [0.25, 0.3) is 0 Å². The third-order valence-electron chi connectivity index (χ3n) is 19.2. The van der Waals surface area contributed by atoms with Crippen molar-refractivity contribution in [2.75, 3.05) is 79.6 Å². The molecule has 2 aliphatic heterocycles. The number of ketones is 2. The van der Waals surface area contributed by atoms with E-state index in [1.54, 1.807) is 65.1 Å². The smallest absolute Gasteiger partial charge is 0.273 e. The molecule has 1 saturated heterocycles. The van der Waals surface area contributed by atoms with Gasteiger partial charge in [0.05, 0.1) is 35.7 Å². The second-order valence-electron chi connectivity index (χ2n) is 26.7. The summed E-state index contributed by atoms with van der Waals surface area (Å²) in [4.78, 5) is 228. The van der Waals surface area contributed by atoms with Crippen LogP contribution in [0.1, 0.15) is 211 Å². The molecule has 4 rings (SSSR count). The zero-order valence-corrected chi connectivity index (χ0v) is 74.5. The summed E-state index contributed by atoms with van der Waals surface area (Å²) in [6, 6.07) is 9.21. The van der Waals surface area contributed by atoms with Crippen LogP contribution in [0.5, 0.6) is 0 Å². The molecule has 30 nitrogen and oxygen atoms in total. The lowest BCUT2D eigenvalue weighted by Gasteiger charge is -2.41. The van der Waals surface area contributed by atoms with Crippen LogP contribution in [0.2, 0.25) is 0 Å². The number of imide groups is 1. The topological polar surface area (TPSA) is 418 Å². The number of benzene rings is 1. The minimum absolute atomic E-state index is 0.0104. The molecule has 117 heavy (non-hydrogen) atoms. The summed E-state index contributed by atoms with van der Waals surface area (Å²) >= 11 is 1.40. The molecule has 1 fully saturated rings. The number of thiazole rings is 1. The Morgan fingerprint density at radius 3 is 1.50 bits per heavy atom. The van der Waals surface area contributed by atoms with Crippen molar-refractivity contribution in [3.05, 3.63) is 64.1 Å². The Bertz CT molecular complexity index is 2870. The summed E-state index contributed by atoms with van der Waals surface area (Å²) in [5.41, 5.74) is 1.40. The molecule has 0 aliphatic carbocycles. The highest BCUT2D eigenvalue weighted by atomic mass is 33.1. The molecule has 2 aliphatic rings. The van der Waals surface area contributed by atoms with Crippen molar-refractivity contribution in [2.45, 2.75) is 220 Å². The normalized spacial score (nSPS) is 13.7. The standard InChI is InChI=1S/C72H115N7O11S3.12CH2O/c1-14-52(6)68(77(11)71(87)57(51(4)5)47-61(81)53(7)50(2)3)62(89-12)48-67(86)78-39-30-33-59(78)69(90-13)54(8)60(80)46-56(45-55-31-26-25-27-32-55)70-74-58(49-91-70)72(88)76(10)42-44-93-92-43-41-75(9)64(83)34-28-23-21-19-17-15-16-18-20-22-24-29-38-73-63(82)37-40-79-65(84)35-36-66(79)85;12*1-2/h25-27,31-32,35-36,49-54,56-57,59,62,68-69H,14-24,28-30,33-34,37-48H2,1-13H3,(H,73,82);12*1H2/t52-,53-,54-,56+,57-,59-,62+,68-,69+;;;;;;;;;;;;/m0............/s1. The van der Waals surface area contributed by atoms with Gasteiger partial charge in [0.25, 0.3) is 17.7 Å². The fourth-order valence-corrected chi connectivity index (χ4v) is 15.5. The van der Waals surface area contributed by atoms with Crippen LogP contribution in [0, 0.1) is 35.5 Å². The zero-order valence-electron chi connectivity index (χ0n) is 72.1. The van der Waals surface area contributed by atoms with Crippen molar-refractivity contribution in [1.82, 2.24) is 34.8 Å². The summed E-state index contributed by atoms with van der Waals surface area (Å²) in [5, 5.41) is 5.38. The molecule has 1 N–H and O–H groups in total. The molecule has 0 unspecified atom stereocenters. The number of unbranched alkanes of at least 4 members (excludes halogenated alkanes) is 11. The Morgan fingerprint density at radius 2 is 1.04 bits per heavy atom. The second kappa shape index (κ2) is 86.4. The van der Waals surface area contributed by atoms with E-state index in [9.17, 15) is 43.2 Å². The number of ether oxygens (including phenoxy) is 2. The molecule has 666 valence electrons. The first-order valence-corrected chi connectivity index (χ1v) is 41.5. The minimum Gasteiger partial charge on any atom is -0.379 e. The van der Waals surface area contributed by atoms with E-state index < -0.39 is 30.1 Å². The van der Waals surface area contributed by atoms with Gasteiger partial charge in [0.1, 0.15) is 98.7 Å². The first kappa shape index (κ1) is 126. The van der Waals surface area contributed by atoms with E-state index in [0.29, 0.717) is 61.9 Å². The van der Waals surface area contributed by atoms with E-state index in [1.807, 2.05) is 170 Å². The van der Waals surface area contributed by atoms with Crippen molar-refractivity contribution in [3.8, 4) is 0 Å². The van der Waals surface area contributed by atoms with Gasteiger partial charge in [-0.25, -0.2) is 4.98 Å². The molecule has 1 aromatic carbocycles. The molecular formula is C84H139N7O23S3. The highest BCUT2D eigenvalue weighted by Crippen LogP contribution is 2.35. The van der Waals surface area contributed by atoms with Gasteiger partial charge in [-0.15, -0.1) is 11.3 Å². The number of amides is 7. The molecule has 0 radical (unpaired) electrons. The van der Waals surface area contributed by atoms with Gasteiger partial charge in [-0.3, -0.25) is 48.1 Å². The highest BCUT2D eigenvalue weighted by Gasteiger charge is 2.43. The van der Waals surface area contributed by atoms with Gasteiger partial charge < -0.3 is 91.9 Å². The van der Waals surface area contributed by atoms with Gasteiger partial charge in [-0.2, -0.15) is 0 Å². The second-order valence-corrected chi connectivity index (χ2v) is 30.3. The number of likely N-dealkylation sites (tertiary alicyclic amines) is 1. The van der Waals surface area contributed by atoms with Crippen LogP contribution in [0.4, 0.5) is 0 Å². The number of hydrogen-bond donors (Lipinski definition) is 1. The molecule has 1 aromatic heterocycles. The number of hydrogen-bond acceptors (Lipinski definition) is 27. The van der Waals surface area contributed by atoms with Crippen LogP contribution >= 0.6 is 32.9 Å². The van der Waals surface area contributed by atoms with E-state index in [-0.39, 0.29) is 121 Å². The lowest BCUT2D eigenvalue weighted by Crippen LogP contribution is -2.54. The number of carbonyl (C=O) groups excluding carboxylic acids is 21. The number of carbonyl (C=O) groups is 21. The van der Waals surface area contributed by atoms with E-state index >= 15 is 0 Å². The average molecular weight is 1710 g/mol. The zero-order chi connectivity index (χ0) is 92.6. The van der Waals surface area contributed by atoms with E-state index in [2.05, 4.69) is 19.2 Å². The van der Waals surface area contributed by atoms with Crippen molar-refractivity contribution < 1.29 is 110 Å². The highest BCUT2D eigenvalue weighted by molar-refractivity contribution is 8.76. The quantitative estimate of drug-likeness (QED) is 0.0365. The maximum atomic E-state index is 14.6. The van der Waals surface area contributed by atoms with Crippen molar-refractivity contribution >= 4 is 167 Å². The molecule has 0 spiro atoms. The Morgan fingerprint density at radius 1 is 0.581 bits per heavy atom. The van der Waals surface area contributed by atoms with Gasteiger partial charge in [-0.05, 0) is 55.4 Å². The first-order valence-electron chi connectivity index (χ1n) is 38.1. The monoisotopic (exact) mass is 1710 g/mol. The maximum Gasteiger partial charge on any atom is 0.273 e.